The standard InChI is InChI=1S/C15H21N5/c1-4-9-16-14-10-17-20-15(19-14)18-13-7-5-12(6-8-13)11(2)3/h5-8,10-11H,4,9H2,1-3H3,(H2,16,18,19,20). The first-order chi connectivity index (χ1) is 9.69. The number of benzene rings is 1. The number of rotatable bonds is 6. The highest BCUT2D eigenvalue weighted by molar-refractivity contribution is 5.54. The Kier molecular flexibility index (Phi) is 4.87. The Morgan fingerprint density at radius 2 is 1.90 bits per heavy atom. The number of nitrogens with one attached hydrogen (secondary N) is 2. The number of hydrogen-bond donors (Lipinski definition) is 2. The maximum atomic E-state index is 4.37. The Morgan fingerprint density at radius 3 is 2.55 bits per heavy atom. The fraction of sp³-hybridized carbons (Fsp3) is 0.400. The van der Waals surface area contributed by atoms with E-state index in [1.807, 2.05) is 12.1 Å². The maximum absolute atomic E-state index is 4.37. The van der Waals surface area contributed by atoms with E-state index >= 15 is 0 Å². The molecule has 5 nitrogen and oxygen atoms in total. The second kappa shape index (κ2) is 6.84. The minimum atomic E-state index is 0.503. The van der Waals surface area contributed by atoms with Crippen LogP contribution in [0.25, 0.3) is 0 Å². The van der Waals surface area contributed by atoms with E-state index in [1.165, 1.54) is 5.56 Å². The van der Waals surface area contributed by atoms with Gasteiger partial charge in [0.05, 0.1) is 6.20 Å². The van der Waals surface area contributed by atoms with Gasteiger partial charge in [0.15, 0.2) is 5.82 Å². The van der Waals surface area contributed by atoms with Gasteiger partial charge in [-0.25, -0.2) is 0 Å². The molecule has 0 fully saturated rings. The van der Waals surface area contributed by atoms with Gasteiger partial charge < -0.3 is 10.6 Å². The van der Waals surface area contributed by atoms with Crippen LogP contribution in [0, 0.1) is 0 Å². The summed E-state index contributed by atoms with van der Waals surface area (Å²) in [7, 11) is 0. The van der Waals surface area contributed by atoms with Crippen LogP contribution in [0.2, 0.25) is 0 Å². The lowest BCUT2D eigenvalue weighted by atomic mass is 10.0. The molecular formula is C15H21N5. The molecule has 1 aromatic carbocycles. The molecule has 0 bridgehead atoms. The summed E-state index contributed by atoms with van der Waals surface area (Å²) < 4.78 is 0. The van der Waals surface area contributed by atoms with E-state index in [9.17, 15) is 0 Å². The average molecular weight is 271 g/mol. The van der Waals surface area contributed by atoms with Crippen LogP contribution in [0.1, 0.15) is 38.7 Å². The SMILES string of the molecule is CCCNc1cnnc(Nc2ccc(C(C)C)cc2)n1. The molecule has 0 aliphatic heterocycles. The summed E-state index contributed by atoms with van der Waals surface area (Å²) in [5, 5.41) is 14.3. The predicted octanol–water partition coefficient (Wildman–Crippen LogP) is 3.56. The van der Waals surface area contributed by atoms with E-state index in [4.69, 9.17) is 0 Å². The van der Waals surface area contributed by atoms with E-state index in [0.717, 1.165) is 24.5 Å². The summed E-state index contributed by atoms with van der Waals surface area (Å²) in [4.78, 5) is 4.37. The van der Waals surface area contributed by atoms with Crippen molar-refractivity contribution in [3.63, 3.8) is 0 Å². The molecule has 2 aromatic rings. The predicted molar refractivity (Wildman–Crippen MR) is 82.4 cm³/mol. The molecule has 106 valence electrons. The highest BCUT2D eigenvalue weighted by atomic mass is 15.3. The van der Waals surface area contributed by atoms with E-state index < -0.39 is 0 Å². The van der Waals surface area contributed by atoms with Gasteiger partial charge in [0.2, 0.25) is 5.95 Å². The third kappa shape index (κ3) is 3.91. The van der Waals surface area contributed by atoms with Gasteiger partial charge in [-0.15, -0.1) is 5.10 Å². The number of aromatic nitrogens is 3. The molecule has 20 heavy (non-hydrogen) atoms. The van der Waals surface area contributed by atoms with Crippen molar-refractivity contribution in [1.29, 1.82) is 0 Å². The molecule has 0 radical (unpaired) electrons. The van der Waals surface area contributed by atoms with E-state index in [-0.39, 0.29) is 0 Å². The van der Waals surface area contributed by atoms with Crippen LogP contribution in [0.5, 0.6) is 0 Å². The van der Waals surface area contributed by atoms with Gasteiger partial charge in [0, 0.05) is 12.2 Å². The van der Waals surface area contributed by atoms with Crippen LogP contribution in [-0.2, 0) is 0 Å². The largest absolute Gasteiger partial charge is 0.369 e. The quantitative estimate of drug-likeness (QED) is 0.841. The van der Waals surface area contributed by atoms with Crippen LogP contribution in [-0.4, -0.2) is 21.7 Å². The minimum Gasteiger partial charge on any atom is -0.369 e. The second-order valence-electron chi connectivity index (χ2n) is 4.99. The first-order valence-corrected chi connectivity index (χ1v) is 6.99. The fourth-order valence-electron chi connectivity index (χ4n) is 1.78. The smallest absolute Gasteiger partial charge is 0.249 e. The third-order valence-electron chi connectivity index (χ3n) is 2.95. The van der Waals surface area contributed by atoms with Crippen LogP contribution >= 0.6 is 0 Å². The van der Waals surface area contributed by atoms with Crippen LogP contribution in [0.3, 0.4) is 0 Å². The topological polar surface area (TPSA) is 62.7 Å². The molecule has 2 N–H and O–H groups in total. The van der Waals surface area contributed by atoms with Gasteiger partial charge in [0.25, 0.3) is 0 Å². The summed E-state index contributed by atoms with van der Waals surface area (Å²) in [5.74, 6) is 1.77. The molecule has 0 atom stereocenters. The molecule has 0 aliphatic carbocycles. The van der Waals surface area contributed by atoms with Crippen molar-refractivity contribution in [3.8, 4) is 0 Å². The minimum absolute atomic E-state index is 0.503. The Labute approximate surface area is 119 Å². The number of nitrogens with zero attached hydrogens (tertiary/aromatic N) is 3. The molecule has 0 amide bonds. The molecule has 0 unspecified atom stereocenters. The van der Waals surface area contributed by atoms with Gasteiger partial charge in [-0.2, -0.15) is 10.1 Å². The summed E-state index contributed by atoms with van der Waals surface area (Å²) in [6.07, 6.45) is 2.67. The summed E-state index contributed by atoms with van der Waals surface area (Å²) in [6, 6.07) is 8.29. The molecule has 1 aromatic heterocycles. The zero-order valence-corrected chi connectivity index (χ0v) is 12.2. The first-order valence-electron chi connectivity index (χ1n) is 6.99. The normalized spacial score (nSPS) is 10.6. The highest BCUT2D eigenvalue weighted by Crippen LogP contribution is 2.19. The van der Waals surface area contributed by atoms with Crippen molar-refractivity contribution in [2.24, 2.45) is 0 Å². The van der Waals surface area contributed by atoms with E-state index in [2.05, 4.69) is 58.7 Å². The van der Waals surface area contributed by atoms with Gasteiger partial charge in [-0.3, -0.25) is 0 Å². The van der Waals surface area contributed by atoms with Crippen LogP contribution < -0.4 is 10.6 Å². The van der Waals surface area contributed by atoms with Crippen LogP contribution in [0.15, 0.2) is 30.5 Å². The average Bonchev–Trinajstić information content (AvgIpc) is 2.46. The zero-order valence-electron chi connectivity index (χ0n) is 12.2. The third-order valence-corrected chi connectivity index (χ3v) is 2.95. The maximum Gasteiger partial charge on any atom is 0.249 e. The molecule has 1 heterocycles. The summed E-state index contributed by atoms with van der Waals surface area (Å²) in [6.45, 7) is 7.34. The molecule has 0 spiro atoms. The Hall–Kier alpha value is -2.17. The second-order valence-corrected chi connectivity index (χ2v) is 4.99. The van der Waals surface area contributed by atoms with Crippen molar-refractivity contribution >= 4 is 17.5 Å². The first kappa shape index (κ1) is 14.2. The summed E-state index contributed by atoms with van der Waals surface area (Å²) >= 11 is 0. The monoisotopic (exact) mass is 271 g/mol. The molecule has 0 saturated heterocycles. The van der Waals surface area contributed by atoms with Gasteiger partial charge in [-0.1, -0.05) is 32.9 Å². The lowest BCUT2D eigenvalue weighted by Crippen LogP contribution is -2.06. The van der Waals surface area contributed by atoms with Gasteiger partial charge in [-0.05, 0) is 30.0 Å². The lowest BCUT2D eigenvalue weighted by molar-refractivity contribution is 0.867. The fourth-order valence-corrected chi connectivity index (χ4v) is 1.78. The van der Waals surface area contributed by atoms with Crippen LogP contribution in [0.4, 0.5) is 17.5 Å². The van der Waals surface area contributed by atoms with Crippen molar-refractivity contribution < 1.29 is 0 Å². The summed E-state index contributed by atoms with van der Waals surface area (Å²) in [5.41, 5.74) is 2.27. The number of anilines is 3. The van der Waals surface area contributed by atoms with E-state index in [0.29, 0.717) is 11.9 Å². The van der Waals surface area contributed by atoms with Crippen molar-refractivity contribution in [2.45, 2.75) is 33.1 Å². The van der Waals surface area contributed by atoms with Gasteiger partial charge >= 0.3 is 0 Å². The van der Waals surface area contributed by atoms with Crippen molar-refractivity contribution in [1.82, 2.24) is 15.2 Å². The Bertz CT molecular complexity index is 536. The molecule has 5 heteroatoms. The highest BCUT2D eigenvalue weighted by Gasteiger charge is 2.02. The van der Waals surface area contributed by atoms with Crippen molar-refractivity contribution in [2.75, 3.05) is 17.2 Å². The van der Waals surface area contributed by atoms with Gasteiger partial charge in [0.1, 0.15) is 0 Å². The zero-order chi connectivity index (χ0) is 14.4. The Balaban J connectivity index is 2.05. The van der Waals surface area contributed by atoms with Crippen molar-refractivity contribution in [3.05, 3.63) is 36.0 Å². The lowest BCUT2D eigenvalue weighted by Gasteiger charge is -2.09. The molecular weight excluding hydrogens is 250 g/mol. The van der Waals surface area contributed by atoms with E-state index in [1.54, 1.807) is 6.20 Å². The molecule has 0 aliphatic rings. The Morgan fingerprint density at radius 1 is 1.15 bits per heavy atom. The molecule has 2 rings (SSSR count). The number of hydrogen-bond acceptors (Lipinski definition) is 5. The molecule has 0 saturated carbocycles.